The fraction of sp³-hybridized carbons (Fsp3) is 0.300. The van der Waals surface area contributed by atoms with Crippen molar-refractivity contribution in [2.24, 2.45) is 0 Å². The van der Waals surface area contributed by atoms with Gasteiger partial charge < -0.3 is 15.4 Å². The first-order valence-electron chi connectivity index (χ1n) is 8.57. The molecule has 0 aliphatic heterocycles. The Kier molecular flexibility index (Phi) is 5.47. The Balaban J connectivity index is 1.57. The van der Waals surface area contributed by atoms with Gasteiger partial charge in [-0.25, -0.2) is 0 Å². The molecule has 2 amide bonds. The lowest BCUT2D eigenvalue weighted by atomic mass is 10.2. The quantitative estimate of drug-likeness (QED) is 0.806. The lowest BCUT2D eigenvalue weighted by Crippen LogP contribution is -2.30. The van der Waals surface area contributed by atoms with Crippen LogP contribution in [0.1, 0.15) is 35.7 Å². The Bertz CT molecular complexity index is 816. The van der Waals surface area contributed by atoms with E-state index in [0.29, 0.717) is 28.1 Å². The molecule has 6 heteroatoms. The molecule has 0 heterocycles. The number of rotatable bonds is 6. The summed E-state index contributed by atoms with van der Waals surface area (Å²) < 4.78 is 5.71. The predicted molar refractivity (Wildman–Crippen MR) is 102 cm³/mol. The van der Waals surface area contributed by atoms with E-state index >= 15 is 0 Å². The largest absolute Gasteiger partial charge is 0.481 e. The van der Waals surface area contributed by atoms with Crippen LogP contribution < -0.4 is 15.4 Å². The van der Waals surface area contributed by atoms with Crippen molar-refractivity contribution in [3.8, 4) is 5.75 Å². The van der Waals surface area contributed by atoms with Crippen molar-refractivity contribution in [1.82, 2.24) is 5.32 Å². The van der Waals surface area contributed by atoms with Crippen LogP contribution in [0.25, 0.3) is 0 Å². The Morgan fingerprint density at radius 1 is 1.15 bits per heavy atom. The maximum atomic E-state index is 12.3. The summed E-state index contributed by atoms with van der Waals surface area (Å²) in [6.45, 7) is 3.55. The van der Waals surface area contributed by atoms with Crippen LogP contribution in [0.2, 0.25) is 5.02 Å². The van der Waals surface area contributed by atoms with Gasteiger partial charge in [0.1, 0.15) is 5.75 Å². The number of hydrogen-bond acceptors (Lipinski definition) is 3. The summed E-state index contributed by atoms with van der Waals surface area (Å²) in [6.07, 6.45) is 1.42. The molecule has 136 valence electrons. The second-order valence-electron chi connectivity index (χ2n) is 6.48. The average Bonchev–Trinajstić information content (AvgIpc) is 3.41. The molecule has 3 rings (SSSR count). The Morgan fingerprint density at radius 3 is 2.46 bits per heavy atom. The molecular formula is C20H21ClN2O3. The summed E-state index contributed by atoms with van der Waals surface area (Å²) in [6, 6.07) is 12.4. The number of aryl methyl sites for hydroxylation is 1. The molecule has 0 aromatic heterocycles. The van der Waals surface area contributed by atoms with Crippen LogP contribution in [0.4, 0.5) is 5.69 Å². The van der Waals surface area contributed by atoms with Gasteiger partial charge in [-0.2, -0.15) is 0 Å². The third kappa shape index (κ3) is 4.76. The molecule has 1 aliphatic rings. The maximum Gasteiger partial charge on any atom is 0.265 e. The van der Waals surface area contributed by atoms with Crippen molar-refractivity contribution in [1.29, 1.82) is 0 Å². The standard InChI is InChI=1S/C20H21ClN2O3/c1-12-11-15(21)5-10-18(12)26-13(2)19(24)22-16-6-3-14(4-7-16)20(25)23-17-8-9-17/h3-7,10-11,13,17H,8-9H2,1-2H3,(H,22,24)(H,23,25). The van der Waals surface area contributed by atoms with Gasteiger partial charge in [-0.05, 0) is 74.7 Å². The van der Waals surface area contributed by atoms with Crippen LogP contribution in [0.5, 0.6) is 5.75 Å². The zero-order valence-electron chi connectivity index (χ0n) is 14.7. The number of benzene rings is 2. The summed E-state index contributed by atoms with van der Waals surface area (Å²) in [5.41, 5.74) is 2.06. The lowest BCUT2D eigenvalue weighted by molar-refractivity contribution is -0.122. The number of hydrogen-bond donors (Lipinski definition) is 2. The molecule has 1 unspecified atom stereocenters. The fourth-order valence-electron chi connectivity index (χ4n) is 2.43. The molecule has 2 aromatic carbocycles. The molecule has 1 aliphatic carbocycles. The third-order valence-electron chi connectivity index (χ3n) is 4.14. The van der Waals surface area contributed by atoms with Gasteiger partial charge in [0, 0.05) is 22.3 Å². The third-order valence-corrected chi connectivity index (χ3v) is 4.37. The number of carbonyl (C=O) groups excluding carboxylic acids is 2. The zero-order chi connectivity index (χ0) is 18.7. The van der Waals surface area contributed by atoms with Crippen LogP contribution in [-0.4, -0.2) is 24.0 Å². The van der Waals surface area contributed by atoms with E-state index in [1.165, 1.54) is 0 Å². The lowest BCUT2D eigenvalue weighted by Gasteiger charge is -2.16. The Morgan fingerprint density at radius 2 is 1.85 bits per heavy atom. The molecule has 0 saturated heterocycles. The highest BCUT2D eigenvalue weighted by atomic mass is 35.5. The van der Waals surface area contributed by atoms with E-state index in [1.807, 2.05) is 6.92 Å². The van der Waals surface area contributed by atoms with Gasteiger partial charge in [0.25, 0.3) is 11.8 Å². The van der Waals surface area contributed by atoms with E-state index in [4.69, 9.17) is 16.3 Å². The highest BCUT2D eigenvalue weighted by Gasteiger charge is 2.23. The van der Waals surface area contributed by atoms with Crippen LogP contribution >= 0.6 is 11.6 Å². The van der Waals surface area contributed by atoms with Gasteiger partial charge >= 0.3 is 0 Å². The number of anilines is 1. The molecule has 1 saturated carbocycles. The highest BCUT2D eigenvalue weighted by molar-refractivity contribution is 6.30. The minimum absolute atomic E-state index is 0.0831. The van der Waals surface area contributed by atoms with Crippen LogP contribution in [-0.2, 0) is 4.79 Å². The first kappa shape index (κ1) is 18.3. The van der Waals surface area contributed by atoms with Gasteiger partial charge in [0.05, 0.1) is 0 Å². The first-order chi connectivity index (χ1) is 12.4. The van der Waals surface area contributed by atoms with E-state index in [-0.39, 0.29) is 11.8 Å². The van der Waals surface area contributed by atoms with Gasteiger partial charge in [-0.15, -0.1) is 0 Å². The molecule has 0 spiro atoms. The summed E-state index contributed by atoms with van der Waals surface area (Å²) in [7, 11) is 0. The SMILES string of the molecule is Cc1cc(Cl)ccc1OC(C)C(=O)Nc1ccc(C(=O)NC2CC2)cc1. The topological polar surface area (TPSA) is 67.4 Å². The molecule has 1 atom stereocenters. The van der Waals surface area contributed by atoms with Crippen molar-refractivity contribution in [2.45, 2.75) is 38.8 Å². The molecule has 26 heavy (non-hydrogen) atoms. The van der Waals surface area contributed by atoms with E-state index in [1.54, 1.807) is 49.4 Å². The van der Waals surface area contributed by atoms with Crippen molar-refractivity contribution >= 4 is 29.1 Å². The van der Waals surface area contributed by atoms with Crippen LogP contribution in [0, 0.1) is 6.92 Å². The van der Waals surface area contributed by atoms with Crippen molar-refractivity contribution in [3.63, 3.8) is 0 Å². The molecule has 2 N–H and O–H groups in total. The monoisotopic (exact) mass is 372 g/mol. The van der Waals surface area contributed by atoms with Crippen molar-refractivity contribution < 1.29 is 14.3 Å². The molecule has 0 radical (unpaired) electrons. The summed E-state index contributed by atoms with van der Waals surface area (Å²) >= 11 is 5.93. The Hall–Kier alpha value is -2.53. The van der Waals surface area contributed by atoms with E-state index in [2.05, 4.69) is 10.6 Å². The normalized spacial score (nSPS) is 14.4. The smallest absolute Gasteiger partial charge is 0.265 e. The van der Waals surface area contributed by atoms with Gasteiger partial charge in [0.2, 0.25) is 0 Å². The highest BCUT2D eigenvalue weighted by Crippen LogP contribution is 2.23. The van der Waals surface area contributed by atoms with Crippen molar-refractivity contribution in [3.05, 3.63) is 58.6 Å². The van der Waals surface area contributed by atoms with Crippen LogP contribution in [0.3, 0.4) is 0 Å². The maximum absolute atomic E-state index is 12.3. The van der Waals surface area contributed by atoms with E-state index in [0.717, 1.165) is 18.4 Å². The number of carbonyl (C=O) groups is 2. The number of amides is 2. The minimum Gasteiger partial charge on any atom is -0.481 e. The molecule has 1 fully saturated rings. The molecule has 0 bridgehead atoms. The second-order valence-corrected chi connectivity index (χ2v) is 6.92. The van der Waals surface area contributed by atoms with Crippen molar-refractivity contribution in [2.75, 3.05) is 5.32 Å². The van der Waals surface area contributed by atoms with E-state index in [9.17, 15) is 9.59 Å². The fourth-order valence-corrected chi connectivity index (χ4v) is 2.66. The summed E-state index contributed by atoms with van der Waals surface area (Å²) in [5, 5.41) is 6.34. The number of halogens is 1. The molecule has 2 aromatic rings. The number of ether oxygens (including phenoxy) is 1. The van der Waals surface area contributed by atoms with Gasteiger partial charge in [-0.3, -0.25) is 9.59 Å². The molecular weight excluding hydrogens is 352 g/mol. The van der Waals surface area contributed by atoms with E-state index < -0.39 is 6.10 Å². The summed E-state index contributed by atoms with van der Waals surface area (Å²) in [5.74, 6) is 0.263. The zero-order valence-corrected chi connectivity index (χ0v) is 15.5. The minimum atomic E-state index is -0.673. The summed E-state index contributed by atoms with van der Waals surface area (Å²) in [4.78, 5) is 24.3. The number of nitrogens with one attached hydrogen (secondary N) is 2. The molecule has 5 nitrogen and oxygen atoms in total. The van der Waals surface area contributed by atoms with Gasteiger partial charge in [-0.1, -0.05) is 11.6 Å². The average molecular weight is 373 g/mol. The Labute approximate surface area is 157 Å². The predicted octanol–water partition coefficient (Wildman–Crippen LogP) is 3.95. The van der Waals surface area contributed by atoms with Crippen LogP contribution in [0.15, 0.2) is 42.5 Å². The van der Waals surface area contributed by atoms with Gasteiger partial charge in [0.15, 0.2) is 6.10 Å². The first-order valence-corrected chi connectivity index (χ1v) is 8.95. The second kappa shape index (κ2) is 7.79.